The van der Waals surface area contributed by atoms with E-state index < -0.39 is 0 Å². The second-order valence-electron chi connectivity index (χ2n) is 3.85. The lowest BCUT2D eigenvalue weighted by Crippen LogP contribution is -2.33. The average Bonchev–Trinajstić information content (AvgIpc) is 2.67. The fraction of sp³-hybridized carbons (Fsp3) is 0.778. The van der Waals surface area contributed by atoms with Gasteiger partial charge in [-0.2, -0.15) is 16.7 Å². The number of aromatic nitrogens is 2. The van der Waals surface area contributed by atoms with Crippen molar-refractivity contribution in [2.45, 2.75) is 19.0 Å². The van der Waals surface area contributed by atoms with Crippen molar-refractivity contribution in [2.24, 2.45) is 5.73 Å². The van der Waals surface area contributed by atoms with Crippen molar-refractivity contribution in [3.63, 3.8) is 0 Å². The van der Waals surface area contributed by atoms with E-state index in [1.54, 1.807) is 0 Å². The van der Waals surface area contributed by atoms with E-state index in [4.69, 9.17) is 10.3 Å². The first-order valence-electron chi connectivity index (χ1n) is 5.05. The summed E-state index contributed by atoms with van der Waals surface area (Å²) in [7, 11) is 2.09. The Morgan fingerprint density at radius 1 is 1.67 bits per heavy atom. The maximum atomic E-state index is 5.68. The molecule has 0 amide bonds. The normalized spacial score (nSPS) is 25.4. The van der Waals surface area contributed by atoms with Crippen LogP contribution in [0.1, 0.15) is 30.7 Å². The minimum Gasteiger partial charge on any atom is -0.338 e. The lowest BCUT2D eigenvalue weighted by molar-refractivity contribution is 0.256. The number of nitrogens with two attached hydrogens (primary N) is 1. The molecule has 2 atom stereocenters. The molecule has 6 heteroatoms. The van der Waals surface area contributed by atoms with E-state index in [1.165, 1.54) is 5.75 Å². The minimum absolute atomic E-state index is 0.187. The fourth-order valence-electron chi connectivity index (χ4n) is 1.53. The van der Waals surface area contributed by atoms with Crippen molar-refractivity contribution < 1.29 is 4.52 Å². The Bertz CT molecular complexity index is 328. The third-order valence-corrected chi connectivity index (χ3v) is 3.56. The molecule has 2 rings (SSSR count). The third kappa shape index (κ3) is 2.32. The predicted molar refractivity (Wildman–Crippen MR) is 59.6 cm³/mol. The number of thioether (sulfide) groups is 1. The third-order valence-electron chi connectivity index (χ3n) is 2.54. The molecule has 1 fully saturated rings. The molecule has 0 radical (unpaired) electrons. The summed E-state index contributed by atoms with van der Waals surface area (Å²) in [6.45, 7) is 2.91. The molecular weight excluding hydrogens is 212 g/mol. The van der Waals surface area contributed by atoms with E-state index in [0.29, 0.717) is 5.89 Å². The average molecular weight is 228 g/mol. The van der Waals surface area contributed by atoms with Gasteiger partial charge in [0.1, 0.15) is 0 Å². The molecule has 0 aromatic carbocycles. The van der Waals surface area contributed by atoms with Crippen molar-refractivity contribution >= 4 is 11.8 Å². The molecule has 1 aromatic rings. The summed E-state index contributed by atoms with van der Waals surface area (Å²) in [6, 6.07) is 0.0767. The van der Waals surface area contributed by atoms with E-state index in [9.17, 15) is 0 Å². The van der Waals surface area contributed by atoms with E-state index in [-0.39, 0.29) is 12.1 Å². The number of hydrogen-bond donors (Lipinski definition) is 1. The summed E-state index contributed by atoms with van der Waals surface area (Å²) < 4.78 is 5.11. The molecule has 0 bridgehead atoms. The minimum atomic E-state index is -0.187. The van der Waals surface area contributed by atoms with Gasteiger partial charge in [0.25, 0.3) is 0 Å². The molecule has 1 aliphatic heterocycles. The van der Waals surface area contributed by atoms with Crippen LogP contribution in [0, 0.1) is 0 Å². The monoisotopic (exact) mass is 228 g/mol. The van der Waals surface area contributed by atoms with Crippen LogP contribution < -0.4 is 5.73 Å². The topological polar surface area (TPSA) is 68.2 Å². The molecule has 1 saturated heterocycles. The predicted octanol–water partition coefficient (Wildman–Crippen LogP) is 0.809. The lowest BCUT2D eigenvalue weighted by atomic mass is 10.2. The number of hydrogen-bond acceptors (Lipinski definition) is 6. The molecule has 0 spiro atoms. The zero-order chi connectivity index (χ0) is 10.8. The molecule has 1 aromatic heterocycles. The summed E-state index contributed by atoms with van der Waals surface area (Å²) in [4.78, 5) is 6.58. The largest absolute Gasteiger partial charge is 0.338 e. The van der Waals surface area contributed by atoms with E-state index >= 15 is 0 Å². The zero-order valence-electron chi connectivity index (χ0n) is 9.01. The van der Waals surface area contributed by atoms with Gasteiger partial charge in [0.2, 0.25) is 5.89 Å². The molecule has 0 saturated carbocycles. The van der Waals surface area contributed by atoms with E-state index in [2.05, 4.69) is 22.1 Å². The van der Waals surface area contributed by atoms with Gasteiger partial charge < -0.3 is 10.3 Å². The van der Waals surface area contributed by atoms with Crippen LogP contribution in [-0.2, 0) is 0 Å². The second kappa shape index (κ2) is 4.51. The van der Waals surface area contributed by atoms with Crippen LogP contribution in [0.3, 0.4) is 0 Å². The van der Waals surface area contributed by atoms with Crippen molar-refractivity contribution in [3.8, 4) is 0 Å². The Labute approximate surface area is 93.4 Å². The van der Waals surface area contributed by atoms with Gasteiger partial charge >= 0.3 is 0 Å². The number of nitrogens with zero attached hydrogens (tertiary/aromatic N) is 3. The van der Waals surface area contributed by atoms with Crippen LogP contribution in [0.5, 0.6) is 0 Å². The molecule has 15 heavy (non-hydrogen) atoms. The molecule has 1 unspecified atom stereocenters. The van der Waals surface area contributed by atoms with Crippen LogP contribution >= 0.6 is 11.8 Å². The van der Waals surface area contributed by atoms with Crippen molar-refractivity contribution in [1.29, 1.82) is 0 Å². The Morgan fingerprint density at radius 2 is 2.47 bits per heavy atom. The highest BCUT2D eigenvalue weighted by Gasteiger charge is 2.26. The summed E-state index contributed by atoms with van der Waals surface area (Å²) >= 11 is 1.92. The van der Waals surface area contributed by atoms with Crippen LogP contribution in [-0.4, -0.2) is 40.1 Å². The molecular formula is C9H16N4OS. The Morgan fingerprint density at radius 3 is 3.07 bits per heavy atom. The first-order chi connectivity index (χ1) is 7.18. The van der Waals surface area contributed by atoms with Crippen LogP contribution in [0.4, 0.5) is 0 Å². The van der Waals surface area contributed by atoms with Crippen LogP contribution in [0.2, 0.25) is 0 Å². The summed E-state index contributed by atoms with van der Waals surface area (Å²) in [5.41, 5.74) is 5.68. The second-order valence-corrected chi connectivity index (χ2v) is 5.00. The van der Waals surface area contributed by atoms with E-state index in [1.807, 2.05) is 18.7 Å². The van der Waals surface area contributed by atoms with Crippen molar-refractivity contribution in [2.75, 3.05) is 25.1 Å². The van der Waals surface area contributed by atoms with Gasteiger partial charge in [0.05, 0.1) is 12.1 Å². The number of rotatable bonds is 2. The molecule has 5 nitrogen and oxygen atoms in total. The van der Waals surface area contributed by atoms with E-state index in [0.717, 1.165) is 18.1 Å². The highest BCUT2D eigenvalue weighted by Crippen LogP contribution is 2.26. The van der Waals surface area contributed by atoms with Gasteiger partial charge in [-0.3, -0.25) is 4.90 Å². The molecule has 0 aliphatic carbocycles. The van der Waals surface area contributed by atoms with Crippen LogP contribution in [0.25, 0.3) is 0 Å². The summed E-state index contributed by atoms with van der Waals surface area (Å²) in [5.74, 6) is 3.48. The first kappa shape index (κ1) is 10.9. The first-order valence-corrected chi connectivity index (χ1v) is 6.21. The molecule has 84 valence electrons. The van der Waals surface area contributed by atoms with Gasteiger partial charge in [-0.05, 0) is 14.0 Å². The Hall–Kier alpha value is -0.590. The maximum absolute atomic E-state index is 5.68. The maximum Gasteiger partial charge on any atom is 0.243 e. The summed E-state index contributed by atoms with van der Waals surface area (Å²) in [5, 5.41) is 3.99. The fourth-order valence-corrected chi connectivity index (χ4v) is 2.74. The lowest BCUT2D eigenvalue weighted by Gasteiger charge is -2.29. The van der Waals surface area contributed by atoms with Gasteiger partial charge in [-0.15, -0.1) is 0 Å². The Kier molecular flexibility index (Phi) is 3.28. The zero-order valence-corrected chi connectivity index (χ0v) is 9.83. The quantitative estimate of drug-likeness (QED) is 0.808. The van der Waals surface area contributed by atoms with Crippen LogP contribution in [0.15, 0.2) is 4.52 Å². The van der Waals surface area contributed by atoms with Crippen molar-refractivity contribution in [3.05, 3.63) is 11.7 Å². The van der Waals surface area contributed by atoms with Gasteiger partial charge in [0.15, 0.2) is 5.82 Å². The van der Waals surface area contributed by atoms with Gasteiger partial charge in [-0.1, -0.05) is 5.16 Å². The standard InChI is InChI=1S/C9H16N4OS/c1-6(10)9-11-8(12-14-9)7-5-15-4-3-13(7)2/h6-7H,3-5,10H2,1-2H3/t6-,7?/m1/s1. The SMILES string of the molecule is C[C@@H](N)c1nc(C2CSCCN2C)no1. The summed E-state index contributed by atoms with van der Waals surface area (Å²) in [6.07, 6.45) is 0. The molecule has 2 heterocycles. The Balaban J connectivity index is 2.13. The van der Waals surface area contributed by atoms with Crippen molar-refractivity contribution in [1.82, 2.24) is 15.0 Å². The molecule has 2 N–H and O–H groups in total. The molecule has 1 aliphatic rings. The van der Waals surface area contributed by atoms with Gasteiger partial charge in [-0.25, -0.2) is 0 Å². The highest BCUT2D eigenvalue weighted by atomic mass is 32.2. The van der Waals surface area contributed by atoms with Gasteiger partial charge in [0, 0.05) is 18.1 Å². The highest BCUT2D eigenvalue weighted by molar-refractivity contribution is 7.99. The smallest absolute Gasteiger partial charge is 0.243 e.